The van der Waals surface area contributed by atoms with Crippen LogP contribution in [0.3, 0.4) is 0 Å². The molecule has 0 aromatic carbocycles. The van der Waals surface area contributed by atoms with E-state index in [1.165, 1.54) is 19.0 Å². The maximum Gasteiger partial charge on any atom is 0.270 e. The van der Waals surface area contributed by atoms with Gasteiger partial charge in [-0.3, -0.25) is 4.79 Å². The van der Waals surface area contributed by atoms with E-state index in [0.29, 0.717) is 24.7 Å². The van der Waals surface area contributed by atoms with E-state index >= 15 is 0 Å². The summed E-state index contributed by atoms with van der Waals surface area (Å²) in [6, 6.07) is 4.27. The van der Waals surface area contributed by atoms with Crippen LogP contribution >= 0.6 is 0 Å². The Morgan fingerprint density at radius 3 is 2.92 bits per heavy atom. The van der Waals surface area contributed by atoms with Crippen LogP contribution in [-0.2, 0) is 5.60 Å². The molecule has 2 fully saturated rings. The molecule has 1 amide bonds. The van der Waals surface area contributed by atoms with E-state index in [-0.39, 0.29) is 12.5 Å². The molecule has 1 aliphatic heterocycles. The highest BCUT2D eigenvalue weighted by Gasteiger charge is 2.39. The van der Waals surface area contributed by atoms with Crippen molar-refractivity contribution >= 4 is 5.91 Å². The summed E-state index contributed by atoms with van der Waals surface area (Å²) in [7, 11) is 0. The molecule has 0 bridgehead atoms. The topological polar surface area (TPSA) is 87.0 Å². The summed E-state index contributed by atoms with van der Waals surface area (Å²) < 4.78 is 2.12. The Morgan fingerprint density at radius 1 is 1.33 bits per heavy atom. The zero-order valence-corrected chi connectivity index (χ0v) is 13.7. The molecule has 2 N–H and O–H groups in total. The minimum atomic E-state index is -1.12. The zero-order chi connectivity index (χ0) is 16.6. The molecule has 4 rings (SSSR count). The van der Waals surface area contributed by atoms with E-state index in [9.17, 15) is 9.90 Å². The van der Waals surface area contributed by atoms with Crippen molar-refractivity contribution in [2.24, 2.45) is 0 Å². The van der Waals surface area contributed by atoms with Crippen molar-refractivity contribution in [2.45, 2.75) is 50.2 Å². The highest BCUT2D eigenvalue weighted by atomic mass is 16.3. The van der Waals surface area contributed by atoms with Crippen molar-refractivity contribution < 1.29 is 9.90 Å². The second kappa shape index (κ2) is 6.05. The normalized spacial score (nSPS) is 25.3. The van der Waals surface area contributed by atoms with E-state index in [2.05, 4.69) is 20.0 Å². The summed E-state index contributed by atoms with van der Waals surface area (Å²) in [6.07, 6.45) is 9.62. The number of aliphatic hydroxyl groups is 1. The number of carbonyl (C=O) groups is 1. The minimum absolute atomic E-state index is 0.00600. The molecule has 3 heterocycles. The van der Waals surface area contributed by atoms with Crippen LogP contribution in [0.5, 0.6) is 0 Å². The predicted molar refractivity (Wildman–Crippen MR) is 87.4 cm³/mol. The molecule has 2 aromatic heterocycles. The summed E-state index contributed by atoms with van der Waals surface area (Å²) >= 11 is 0. The van der Waals surface area contributed by atoms with Gasteiger partial charge in [-0.1, -0.05) is 12.8 Å². The molecule has 1 unspecified atom stereocenters. The molecule has 7 heteroatoms. The molecule has 128 valence electrons. The predicted octanol–water partition coefficient (Wildman–Crippen LogP) is 1.85. The van der Waals surface area contributed by atoms with E-state index in [1.807, 2.05) is 18.3 Å². The van der Waals surface area contributed by atoms with Crippen LogP contribution in [0.2, 0.25) is 0 Å². The molecule has 1 aliphatic carbocycles. The number of hydrogen-bond donors (Lipinski definition) is 2. The lowest BCUT2D eigenvalue weighted by Crippen LogP contribution is -2.49. The first-order valence-electron chi connectivity index (χ1n) is 8.72. The molecule has 1 saturated carbocycles. The number of nitrogens with zero attached hydrogens (tertiary/aromatic N) is 4. The van der Waals surface area contributed by atoms with E-state index < -0.39 is 5.60 Å². The van der Waals surface area contributed by atoms with Gasteiger partial charge < -0.3 is 14.6 Å². The van der Waals surface area contributed by atoms with Crippen molar-refractivity contribution in [3.63, 3.8) is 0 Å². The fraction of sp³-hybridized carbons (Fsp3) is 0.588. The first kappa shape index (κ1) is 15.4. The number of carbonyl (C=O) groups excluding carboxylic acids is 1. The molecule has 1 atom stereocenters. The van der Waals surface area contributed by atoms with Crippen LogP contribution in [-0.4, -0.2) is 49.0 Å². The van der Waals surface area contributed by atoms with Gasteiger partial charge in [0.15, 0.2) is 0 Å². The van der Waals surface area contributed by atoms with Gasteiger partial charge in [0.05, 0.1) is 12.7 Å². The van der Waals surface area contributed by atoms with E-state index in [4.69, 9.17) is 0 Å². The Labute approximate surface area is 140 Å². The Kier molecular flexibility index (Phi) is 3.88. The van der Waals surface area contributed by atoms with Gasteiger partial charge in [0.1, 0.15) is 17.0 Å². The number of H-pyrrole nitrogens is 1. The fourth-order valence-corrected chi connectivity index (χ4v) is 4.08. The average Bonchev–Trinajstić information content (AvgIpc) is 3.35. The van der Waals surface area contributed by atoms with E-state index in [1.54, 1.807) is 4.90 Å². The molecule has 2 aliphatic rings. The van der Waals surface area contributed by atoms with Crippen LogP contribution in [0.25, 0.3) is 0 Å². The number of amides is 1. The van der Waals surface area contributed by atoms with Crippen molar-refractivity contribution in [1.29, 1.82) is 0 Å². The van der Waals surface area contributed by atoms with Crippen molar-refractivity contribution in [3.05, 3.63) is 35.9 Å². The fourth-order valence-electron chi connectivity index (χ4n) is 4.08. The summed E-state index contributed by atoms with van der Waals surface area (Å²) in [6.45, 7) is 0.920. The zero-order valence-electron chi connectivity index (χ0n) is 13.7. The lowest BCUT2D eigenvalue weighted by Gasteiger charge is -2.38. The molecular formula is C17H23N5O2. The monoisotopic (exact) mass is 329 g/mol. The molecule has 24 heavy (non-hydrogen) atoms. The van der Waals surface area contributed by atoms with Gasteiger partial charge >= 0.3 is 0 Å². The third-order valence-corrected chi connectivity index (χ3v) is 5.37. The van der Waals surface area contributed by atoms with Gasteiger partial charge in [-0.2, -0.15) is 15.4 Å². The summed E-state index contributed by atoms with van der Waals surface area (Å²) in [5, 5.41) is 21.3. The summed E-state index contributed by atoms with van der Waals surface area (Å²) in [5.74, 6) is -0.00600. The molecular weight excluding hydrogens is 306 g/mol. The number of β-amino-alcohol motifs (C(OH)–C–C–N with tert-alkyl or cyclic N) is 1. The maximum atomic E-state index is 13.0. The van der Waals surface area contributed by atoms with Crippen LogP contribution < -0.4 is 0 Å². The Hall–Kier alpha value is -2.15. The molecule has 0 radical (unpaired) electrons. The molecule has 0 spiro atoms. The highest BCUT2D eigenvalue weighted by molar-refractivity contribution is 5.93. The minimum Gasteiger partial charge on any atom is -0.382 e. The first-order chi connectivity index (χ1) is 11.7. The molecule has 2 aromatic rings. The van der Waals surface area contributed by atoms with Gasteiger partial charge in [-0.25, -0.2) is 0 Å². The van der Waals surface area contributed by atoms with Crippen molar-refractivity contribution in [1.82, 2.24) is 24.9 Å². The Morgan fingerprint density at radius 2 is 2.17 bits per heavy atom. The maximum absolute atomic E-state index is 13.0. The third kappa shape index (κ3) is 2.62. The van der Waals surface area contributed by atoms with Crippen LogP contribution in [0.4, 0.5) is 0 Å². The van der Waals surface area contributed by atoms with Gasteiger partial charge in [0.2, 0.25) is 0 Å². The second-order valence-electron chi connectivity index (χ2n) is 6.96. The largest absolute Gasteiger partial charge is 0.382 e. The van der Waals surface area contributed by atoms with Gasteiger partial charge in [-0.05, 0) is 37.8 Å². The Bertz CT molecular complexity index is 704. The number of nitrogens with one attached hydrogen (secondary N) is 1. The molecule has 1 saturated heterocycles. The smallest absolute Gasteiger partial charge is 0.270 e. The van der Waals surface area contributed by atoms with Crippen molar-refractivity contribution in [3.8, 4) is 0 Å². The number of rotatable bonds is 3. The van der Waals surface area contributed by atoms with Crippen LogP contribution in [0, 0.1) is 0 Å². The van der Waals surface area contributed by atoms with Crippen LogP contribution in [0.1, 0.15) is 60.7 Å². The number of piperidine rings is 1. The highest BCUT2D eigenvalue weighted by Crippen LogP contribution is 2.33. The lowest BCUT2D eigenvalue weighted by molar-refractivity contribution is -0.0323. The number of hydrogen-bond acceptors (Lipinski definition) is 4. The van der Waals surface area contributed by atoms with Gasteiger partial charge in [0.25, 0.3) is 5.91 Å². The number of aromatic nitrogens is 4. The summed E-state index contributed by atoms with van der Waals surface area (Å²) in [5.41, 5.74) is 0.114. The van der Waals surface area contributed by atoms with Gasteiger partial charge in [-0.15, -0.1) is 0 Å². The Balaban J connectivity index is 1.55. The average molecular weight is 329 g/mol. The van der Waals surface area contributed by atoms with E-state index in [0.717, 1.165) is 25.0 Å². The standard InChI is InChI=1S/C17H23N5O2/c23-16(14-7-3-10-22(14)13-5-1-2-6-13)21-9-4-8-17(24,12-21)15-11-18-20-19-15/h3,7,10-11,13,24H,1-2,4-6,8-9,12H2,(H,18,19,20). The van der Waals surface area contributed by atoms with Crippen LogP contribution in [0.15, 0.2) is 24.5 Å². The first-order valence-corrected chi connectivity index (χ1v) is 8.72. The SMILES string of the molecule is O=C(c1cccn1C1CCCC1)N1CCCC(O)(c2cn[nH]n2)C1. The van der Waals surface area contributed by atoms with Crippen molar-refractivity contribution in [2.75, 3.05) is 13.1 Å². The quantitative estimate of drug-likeness (QED) is 0.899. The number of aromatic amines is 1. The van der Waals surface area contributed by atoms with Gasteiger partial charge in [0, 0.05) is 18.8 Å². The molecule has 7 nitrogen and oxygen atoms in total. The second-order valence-corrected chi connectivity index (χ2v) is 6.96. The third-order valence-electron chi connectivity index (χ3n) is 5.37. The number of likely N-dealkylation sites (tertiary alicyclic amines) is 1. The summed E-state index contributed by atoms with van der Waals surface area (Å²) in [4.78, 5) is 14.8. The lowest BCUT2D eigenvalue weighted by atomic mass is 9.90.